The van der Waals surface area contributed by atoms with E-state index >= 15 is 0 Å². The molecule has 2 rings (SSSR count). The van der Waals surface area contributed by atoms with Crippen LogP contribution in [0.15, 0.2) is 45.3 Å². The Hall–Kier alpha value is -1.59. The summed E-state index contributed by atoms with van der Waals surface area (Å²) in [4.78, 5) is 13.0. The van der Waals surface area contributed by atoms with E-state index < -0.39 is 0 Å². The zero-order chi connectivity index (χ0) is 14.7. The molecule has 0 aliphatic heterocycles. The zero-order valence-corrected chi connectivity index (χ0v) is 13.1. The van der Waals surface area contributed by atoms with E-state index in [0.29, 0.717) is 6.54 Å². The topological polar surface area (TPSA) is 59.5 Å². The van der Waals surface area contributed by atoms with Crippen molar-refractivity contribution in [3.8, 4) is 11.3 Å². The van der Waals surface area contributed by atoms with Gasteiger partial charge in [0.15, 0.2) is 0 Å². The Morgan fingerprint density at radius 2 is 1.95 bits per heavy atom. The van der Waals surface area contributed by atoms with Gasteiger partial charge in [0.2, 0.25) is 5.91 Å². The smallest absolute Gasteiger partial charge is 0.234 e. The molecule has 1 atom stereocenters. The van der Waals surface area contributed by atoms with E-state index in [1.54, 1.807) is 6.92 Å². The summed E-state index contributed by atoms with van der Waals surface area (Å²) in [5.41, 5.74) is 6.30. The highest BCUT2D eigenvalue weighted by molar-refractivity contribution is 9.10. The summed E-state index contributed by atoms with van der Waals surface area (Å²) in [6, 6.07) is 11.4. The molecule has 1 heterocycles. The number of rotatable bonds is 5. The van der Waals surface area contributed by atoms with Crippen molar-refractivity contribution in [1.29, 1.82) is 0 Å². The first kappa shape index (κ1) is 14.8. The van der Waals surface area contributed by atoms with Crippen LogP contribution in [-0.4, -0.2) is 23.9 Å². The third kappa shape index (κ3) is 3.49. The van der Waals surface area contributed by atoms with Crippen molar-refractivity contribution in [2.75, 3.05) is 7.05 Å². The highest BCUT2D eigenvalue weighted by atomic mass is 79.9. The molecule has 0 aliphatic rings. The van der Waals surface area contributed by atoms with Gasteiger partial charge in [-0.3, -0.25) is 9.69 Å². The lowest BCUT2D eigenvalue weighted by atomic mass is 10.2. The molecule has 20 heavy (non-hydrogen) atoms. The van der Waals surface area contributed by atoms with Gasteiger partial charge in [0.05, 0.1) is 12.6 Å². The lowest BCUT2D eigenvalue weighted by Gasteiger charge is -2.20. The van der Waals surface area contributed by atoms with Crippen LogP contribution in [-0.2, 0) is 11.3 Å². The van der Waals surface area contributed by atoms with Crippen molar-refractivity contribution in [2.24, 2.45) is 5.73 Å². The van der Waals surface area contributed by atoms with Gasteiger partial charge in [0.25, 0.3) is 0 Å². The molecule has 5 heteroatoms. The van der Waals surface area contributed by atoms with Crippen LogP contribution in [0.5, 0.6) is 0 Å². The van der Waals surface area contributed by atoms with Crippen LogP contribution in [0.25, 0.3) is 11.3 Å². The van der Waals surface area contributed by atoms with Crippen LogP contribution < -0.4 is 5.73 Å². The van der Waals surface area contributed by atoms with Gasteiger partial charge in [0, 0.05) is 10.0 Å². The quantitative estimate of drug-likeness (QED) is 0.912. The van der Waals surface area contributed by atoms with E-state index in [0.717, 1.165) is 21.6 Å². The van der Waals surface area contributed by atoms with Crippen LogP contribution in [0, 0.1) is 0 Å². The molecule has 106 valence electrons. The van der Waals surface area contributed by atoms with E-state index in [1.165, 1.54) is 0 Å². The van der Waals surface area contributed by atoms with Crippen molar-refractivity contribution in [2.45, 2.75) is 19.5 Å². The maximum Gasteiger partial charge on any atom is 0.234 e. The van der Waals surface area contributed by atoms with Crippen LogP contribution in [0.4, 0.5) is 0 Å². The van der Waals surface area contributed by atoms with Gasteiger partial charge in [-0.25, -0.2) is 0 Å². The molecule has 0 saturated heterocycles. The average Bonchev–Trinajstić information content (AvgIpc) is 2.87. The van der Waals surface area contributed by atoms with Crippen molar-refractivity contribution in [1.82, 2.24) is 4.90 Å². The Morgan fingerprint density at radius 1 is 1.30 bits per heavy atom. The third-order valence-corrected chi connectivity index (χ3v) is 3.80. The highest BCUT2D eigenvalue weighted by Gasteiger charge is 2.16. The largest absolute Gasteiger partial charge is 0.460 e. The number of hydrogen-bond donors (Lipinski definition) is 1. The summed E-state index contributed by atoms with van der Waals surface area (Å²) in [5.74, 6) is 1.28. The lowest BCUT2D eigenvalue weighted by molar-refractivity contribution is -0.122. The summed E-state index contributed by atoms with van der Waals surface area (Å²) < 4.78 is 6.83. The molecule has 2 N–H and O–H groups in total. The normalized spacial score (nSPS) is 12.6. The predicted molar refractivity (Wildman–Crippen MR) is 82.0 cm³/mol. The molecule has 0 aliphatic carbocycles. The van der Waals surface area contributed by atoms with Gasteiger partial charge in [-0.1, -0.05) is 28.1 Å². The molecule has 0 spiro atoms. The number of carbonyl (C=O) groups excluding carboxylic acids is 1. The molecule has 4 nitrogen and oxygen atoms in total. The van der Waals surface area contributed by atoms with E-state index in [4.69, 9.17) is 10.2 Å². The van der Waals surface area contributed by atoms with Gasteiger partial charge < -0.3 is 10.2 Å². The molecule has 0 radical (unpaired) electrons. The maximum atomic E-state index is 11.1. The van der Waals surface area contributed by atoms with Crippen LogP contribution in [0.1, 0.15) is 12.7 Å². The van der Waals surface area contributed by atoms with Gasteiger partial charge in [-0.05, 0) is 38.2 Å². The van der Waals surface area contributed by atoms with Gasteiger partial charge in [0.1, 0.15) is 11.5 Å². The first-order valence-corrected chi connectivity index (χ1v) is 7.11. The second-order valence-electron chi connectivity index (χ2n) is 4.77. The monoisotopic (exact) mass is 336 g/mol. The first-order valence-electron chi connectivity index (χ1n) is 6.31. The van der Waals surface area contributed by atoms with E-state index in [-0.39, 0.29) is 11.9 Å². The van der Waals surface area contributed by atoms with Crippen molar-refractivity contribution >= 4 is 21.8 Å². The molecule has 1 aromatic carbocycles. The Bertz CT molecular complexity index is 592. The molecule has 0 fully saturated rings. The number of nitrogens with two attached hydrogens (primary N) is 1. The lowest BCUT2D eigenvalue weighted by Crippen LogP contribution is -2.39. The fraction of sp³-hybridized carbons (Fsp3) is 0.267. The number of amides is 1. The Kier molecular flexibility index (Phi) is 4.62. The SMILES string of the molecule is C[C@@H](C(N)=O)N(C)Cc1ccc(-c2ccc(Br)cc2)o1. The molecule has 0 saturated carbocycles. The average molecular weight is 337 g/mol. The summed E-state index contributed by atoms with van der Waals surface area (Å²) in [5, 5.41) is 0. The number of furan rings is 1. The predicted octanol–water partition coefficient (Wildman–Crippen LogP) is 3.01. The Balaban J connectivity index is 2.09. The van der Waals surface area contributed by atoms with Crippen molar-refractivity contribution in [3.63, 3.8) is 0 Å². The van der Waals surface area contributed by atoms with Gasteiger partial charge in [-0.15, -0.1) is 0 Å². The van der Waals surface area contributed by atoms with Crippen LogP contribution >= 0.6 is 15.9 Å². The standard InChI is InChI=1S/C15H17BrN2O2/c1-10(15(17)19)18(2)9-13-7-8-14(20-13)11-3-5-12(16)6-4-11/h3-8,10H,9H2,1-2H3,(H2,17,19)/t10-/m0/s1. The molecule has 0 unspecified atom stereocenters. The van der Waals surface area contributed by atoms with Crippen LogP contribution in [0.3, 0.4) is 0 Å². The minimum atomic E-state index is -0.341. The number of carbonyl (C=O) groups is 1. The zero-order valence-electron chi connectivity index (χ0n) is 11.5. The molecule has 2 aromatic rings. The summed E-state index contributed by atoms with van der Waals surface area (Å²) >= 11 is 3.40. The van der Waals surface area contributed by atoms with Crippen molar-refractivity contribution < 1.29 is 9.21 Å². The second-order valence-corrected chi connectivity index (χ2v) is 5.68. The van der Waals surface area contributed by atoms with E-state index in [2.05, 4.69) is 15.9 Å². The maximum absolute atomic E-state index is 11.1. The summed E-state index contributed by atoms with van der Waals surface area (Å²) in [7, 11) is 1.84. The minimum Gasteiger partial charge on any atom is -0.460 e. The molecule has 1 amide bonds. The number of hydrogen-bond acceptors (Lipinski definition) is 3. The van der Waals surface area contributed by atoms with Gasteiger partial charge in [-0.2, -0.15) is 0 Å². The Labute approximate surface area is 126 Å². The van der Waals surface area contributed by atoms with E-state index in [1.807, 2.05) is 48.3 Å². The number of primary amides is 1. The Morgan fingerprint density at radius 3 is 2.55 bits per heavy atom. The third-order valence-electron chi connectivity index (χ3n) is 3.27. The second kappa shape index (κ2) is 6.24. The molecular weight excluding hydrogens is 320 g/mol. The molecular formula is C15H17BrN2O2. The minimum absolute atomic E-state index is 0.323. The summed E-state index contributed by atoms with van der Waals surface area (Å²) in [6.07, 6.45) is 0. The van der Waals surface area contributed by atoms with Crippen LogP contribution in [0.2, 0.25) is 0 Å². The number of nitrogens with zero attached hydrogens (tertiary/aromatic N) is 1. The highest BCUT2D eigenvalue weighted by Crippen LogP contribution is 2.24. The number of halogens is 1. The number of likely N-dealkylation sites (N-methyl/N-ethyl adjacent to an activating group) is 1. The number of benzene rings is 1. The first-order chi connectivity index (χ1) is 9.47. The van der Waals surface area contributed by atoms with E-state index in [9.17, 15) is 4.79 Å². The van der Waals surface area contributed by atoms with Crippen molar-refractivity contribution in [3.05, 3.63) is 46.6 Å². The summed E-state index contributed by atoms with van der Waals surface area (Å²) in [6.45, 7) is 2.32. The molecule has 1 aromatic heterocycles. The van der Waals surface area contributed by atoms with Gasteiger partial charge >= 0.3 is 0 Å². The molecule has 0 bridgehead atoms. The fourth-order valence-corrected chi connectivity index (χ4v) is 2.10. The fourth-order valence-electron chi connectivity index (χ4n) is 1.83.